The van der Waals surface area contributed by atoms with E-state index in [4.69, 9.17) is 15.0 Å². The Morgan fingerprint density at radius 3 is 1.35 bits per heavy atom. The van der Waals surface area contributed by atoms with Gasteiger partial charge in [-0.3, -0.25) is 0 Å². The van der Waals surface area contributed by atoms with E-state index in [0.29, 0.717) is 17.5 Å². The van der Waals surface area contributed by atoms with Crippen LogP contribution in [0.15, 0.2) is 140 Å². The normalized spacial score (nSPS) is 15.6. The first-order valence-electron chi connectivity index (χ1n) is 17.2. The van der Waals surface area contributed by atoms with E-state index in [9.17, 15) is 0 Å². The summed E-state index contributed by atoms with van der Waals surface area (Å²) < 4.78 is 0. The summed E-state index contributed by atoms with van der Waals surface area (Å²) in [6, 6.07) is 49.2. The summed E-state index contributed by atoms with van der Waals surface area (Å²) >= 11 is 0. The molecule has 3 nitrogen and oxygen atoms in total. The first-order chi connectivity index (χ1) is 23.6. The van der Waals surface area contributed by atoms with Crippen molar-refractivity contribution in [3.05, 3.63) is 151 Å². The Kier molecular flexibility index (Phi) is 7.15. The van der Waals surface area contributed by atoms with Crippen molar-refractivity contribution in [2.75, 3.05) is 0 Å². The molecule has 1 aromatic heterocycles. The molecule has 0 atom stereocenters. The van der Waals surface area contributed by atoms with Gasteiger partial charge >= 0.3 is 0 Å². The zero-order valence-electron chi connectivity index (χ0n) is 29.1. The third-order valence-electron chi connectivity index (χ3n) is 11.8. The fourth-order valence-corrected chi connectivity index (χ4v) is 7.80. The van der Waals surface area contributed by atoms with E-state index < -0.39 is 0 Å². The van der Waals surface area contributed by atoms with Gasteiger partial charge in [-0.05, 0) is 60.4 Å². The summed E-state index contributed by atoms with van der Waals surface area (Å²) in [5.41, 5.74) is 10.7. The predicted molar refractivity (Wildman–Crippen MR) is 204 cm³/mol. The van der Waals surface area contributed by atoms with Crippen molar-refractivity contribution < 1.29 is 0 Å². The van der Waals surface area contributed by atoms with E-state index in [1.165, 1.54) is 38.6 Å². The maximum atomic E-state index is 5.05. The largest absolute Gasteiger partial charge is 0.208 e. The van der Waals surface area contributed by atoms with Crippen LogP contribution in [-0.4, -0.2) is 15.0 Å². The van der Waals surface area contributed by atoms with Crippen LogP contribution in [0.25, 0.3) is 67.2 Å². The summed E-state index contributed by atoms with van der Waals surface area (Å²) in [7, 11) is 0. The van der Waals surface area contributed by atoms with Crippen molar-refractivity contribution in [3.63, 3.8) is 0 Å². The highest BCUT2D eigenvalue weighted by Crippen LogP contribution is 2.64. The Morgan fingerprint density at radius 2 is 0.796 bits per heavy atom. The van der Waals surface area contributed by atoms with Crippen LogP contribution in [0.5, 0.6) is 0 Å². The Balaban J connectivity index is 1.25. The Morgan fingerprint density at radius 1 is 0.388 bits per heavy atom. The Labute approximate surface area is 289 Å². The fraction of sp³-hybridized carbons (Fsp3) is 0.196. The van der Waals surface area contributed by atoms with Crippen LogP contribution in [0, 0.1) is 5.41 Å². The minimum Gasteiger partial charge on any atom is -0.208 e. The molecule has 0 saturated carbocycles. The highest BCUT2D eigenvalue weighted by atomic mass is 15.0. The van der Waals surface area contributed by atoms with Gasteiger partial charge in [0.1, 0.15) is 0 Å². The van der Waals surface area contributed by atoms with Gasteiger partial charge in [0.15, 0.2) is 17.5 Å². The van der Waals surface area contributed by atoms with Gasteiger partial charge in [0, 0.05) is 16.7 Å². The highest BCUT2D eigenvalue weighted by Gasteiger charge is 2.57. The zero-order chi connectivity index (χ0) is 34.0. The van der Waals surface area contributed by atoms with Crippen molar-refractivity contribution in [1.82, 2.24) is 15.0 Å². The Hall–Kier alpha value is -5.41. The molecular weight excluding hydrogens is 595 g/mol. The second-order valence-electron chi connectivity index (χ2n) is 15.0. The first-order valence-corrected chi connectivity index (χ1v) is 17.2. The van der Waals surface area contributed by atoms with Crippen LogP contribution in [0.4, 0.5) is 0 Å². The van der Waals surface area contributed by atoms with Gasteiger partial charge in [-0.1, -0.05) is 181 Å². The molecule has 0 radical (unpaired) electrons. The molecular formula is C46H41N3. The molecule has 0 unspecified atom stereocenters. The number of benzene rings is 6. The summed E-state index contributed by atoms with van der Waals surface area (Å²) in [4.78, 5) is 15.0. The van der Waals surface area contributed by atoms with Gasteiger partial charge < -0.3 is 0 Å². The van der Waals surface area contributed by atoms with E-state index in [2.05, 4.69) is 157 Å². The smallest absolute Gasteiger partial charge is 0.164 e. The molecule has 7 aromatic rings. The van der Waals surface area contributed by atoms with Crippen LogP contribution >= 0.6 is 0 Å². The quantitative estimate of drug-likeness (QED) is 0.189. The van der Waals surface area contributed by atoms with E-state index in [1.807, 2.05) is 24.3 Å². The monoisotopic (exact) mass is 635 g/mol. The summed E-state index contributed by atoms with van der Waals surface area (Å²) in [6.07, 6.45) is 0. The second-order valence-corrected chi connectivity index (χ2v) is 15.0. The second kappa shape index (κ2) is 11.3. The van der Waals surface area contributed by atoms with Crippen LogP contribution in [0.2, 0.25) is 0 Å². The molecule has 0 saturated heterocycles. The van der Waals surface area contributed by atoms with E-state index in [-0.39, 0.29) is 16.2 Å². The van der Waals surface area contributed by atoms with Crippen LogP contribution in [0.1, 0.15) is 52.7 Å². The molecule has 0 aliphatic heterocycles. The molecule has 1 aliphatic carbocycles. The van der Waals surface area contributed by atoms with E-state index in [0.717, 1.165) is 22.3 Å². The standard InChI is InChI=1S/C46H41N3/c1-44(2)38-29-36-19-13-14-20-37(36)39(40(38)45(3,4)46(44,5)6)32-23-27-35(28-24-32)43-48-41(33-17-11-8-12-18-33)47-42(49-43)34-25-21-31(22-26-34)30-15-9-7-10-16-30/h7-29H,1-6H3. The topological polar surface area (TPSA) is 38.7 Å². The van der Waals surface area contributed by atoms with Gasteiger partial charge in [-0.15, -0.1) is 0 Å². The number of hydrogen-bond donors (Lipinski definition) is 0. The number of fused-ring (bicyclic) bond motifs is 2. The van der Waals surface area contributed by atoms with Crippen molar-refractivity contribution in [2.24, 2.45) is 5.41 Å². The van der Waals surface area contributed by atoms with Gasteiger partial charge in [0.25, 0.3) is 0 Å². The van der Waals surface area contributed by atoms with Crippen molar-refractivity contribution in [2.45, 2.75) is 52.4 Å². The molecule has 1 aliphatic rings. The minimum atomic E-state index is -0.0341. The van der Waals surface area contributed by atoms with Gasteiger partial charge in [-0.2, -0.15) is 0 Å². The maximum absolute atomic E-state index is 5.05. The lowest BCUT2D eigenvalue weighted by atomic mass is 9.59. The molecule has 6 aromatic carbocycles. The number of aromatic nitrogens is 3. The molecule has 0 spiro atoms. The lowest BCUT2D eigenvalue weighted by Gasteiger charge is -2.44. The third-order valence-corrected chi connectivity index (χ3v) is 11.8. The minimum absolute atomic E-state index is 0.0129. The van der Waals surface area contributed by atoms with Crippen molar-refractivity contribution >= 4 is 10.8 Å². The van der Waals surface area contributed by atoms with E-state index >= 15 is 0 Å². The SMILES string of the molecule is CC1(C)c2cc3ccccc3c(-c3ccc(-c4nc(-c5ccccc5)nc(-c5ccc(-c6ccccc6)cc5)n4)cc3)c2C(C)(C)C1(C)C. The number of hydrogen-bond acceptors (Lipinski definition) is 3. The molecule has 240 valence electrons. The molecule has 0 bridgehead atoms. The number of rotatable bonds is 5. The maximum Gasteiger partial charge on any atom is 0.164 e. The van der Waals surface area contributed by atoms with Crippen LogP contribution in [0.3, 0.4) is 0 Å². The van der Waals surface area contributed by atoms with Crippen LogP contribution in [-0.2, 0) is 10.8 Å². The molecule has 3 heteroatoms. The predicted octanol–water partition coefficient (Wildman–Crippen LogP) is 12.0. The van der Waals surface area contributed by atoms with Crippen molar-refractivity contribution in [3.8, 4) is 56.4 Å². The molecule has 8 rings (SSSR count). The zero-order valence-corrected chi connectivity index (χ0v) is 29.1. The fourth-order valence-electron chi connectivity index (χ4n) is 7.80. The van der Waals surface area contributed by atoms with E-state index in [1.54, 1.807) is 0 Å². The molecule has 0 N–H and O–H groups in total. The first kappa shape index (κ1) is 30.9. The summed E-state index contributed by atoms with van der Waals surface area (Å²) in [5, 5.41) is 2.58. The number of nitrogens with zero attached hydrogens (tertiary/aromatic N) is 3. The lowest BCUT2D eigenvalue weighted by Crippen LogP contribution is -2.42. The van der Waals surface area contributed by atoms with Gasteiger partial charge in [-0.25, -0.2) is 15.0 Å². The average molecular weight is 636 g/mol. The molecule has 49 heavy (non-hydrogen) atoms. The molecule has 1 heterocycles. The van der Waals surface area contributed by atoms with Crippen molar-refractivity contribution in [1.29, 1.82) is 0 Å². The summed E-state index contributed by atoms with van der Waals surface area (Å²) in [6.45, 7) is 14.6. The molecule has 0 amide bonds. The highest BCUT2D eigenvalue weighted by molar-refractivity contribution is 6.01. The average Bonchev–Trinajstić information content (AvgIpc) is 3.24. The molecule has 0 fully saturated rings. The van der Waals surface area contributed by atoms with Gasteiger partial charge in [0.2, 0.25) is 0 Å². The third kappa shape index (κ3) is 4.91. The van der Waals surface area contributed by atoms with Crippen LogP contribution < -0.4 is 0 Å². The summed E-state index contributed by atoms with van der Waals surface area (Å²) in [5.74, 6) is 1.98. The van der Waals surface area contributed by atoms with Gasteiger partial charge in [0.05, 0.1) is 0 Å². The lowest BCUT2D eigenvalue weighted by molar-refractivity contribution is 0.125. The Bertz CT molecular complexity index is 2320.